The Balaban J connectivity index is 1.73. The van der Waals surface area contributed by atoms with Gasteiger partial charge in [0.15, 0.2) is 22.9 Å². The minimum Gasteiger partial charge on any atom is -0.454 e. The zero-order chi connectivity index (χ0) is 25.7. The quantitative estimate of drug-likeness (QED) is 0.494. The third-order valence-electron chi connectivity index (χ3n) is 6.63. The van der Waals surface area contributed by atoms with E-state index in [1.54, 1.807) is 32.0 Å². The van der Waals surface area contributed by atoms with Crippen LogP contribution in [0.25, 0.3) is 0 Å². The molecule has 6 atom stereocenters. The molecule has 198 valence electrons. The summed E-state index contributed by atoms with van der Waals surface area (Å²) in [5.41, 5.74) is -1.16. The van der Waals surface area contributed by atoms with E-state index < -0.39 is 54.0 Å². The van der Waals surface area contributed by atoms with Crippen LogP contribution in [0.2, 0.25) is 0 Å². The third kappa shape index (κ3) is 3.78. The first-order valence-corrected chi connectivity index (χ1v) is 11.3. The van der Waals surface area contributed by atoms with Crippen LogP contribution in [0.3, 0.4) is 0 Å². The fourth-order valence-corrected chi connectivity index (χ4v) is 5.42. The highest BCUT2D eigenvalue weighted by atomic mass is 16.8. The van der Waals surface area contributed by atoms with Gasteiger partial charge in [0.25, 0.3) is 0 Å². The van der Waals surface area contributed by atoms with Gasteiger partial charge in [-0.05, 0) is 26.0 Å². The van der Waals surface area contributed by atoms with Crippen molar-refractivity contribution in [2.75, 3.05) is 41.7 Å². The molecule has 36 heavy (non-hydrogen) atoms. The first kappa shape index (κ1) is 25.0. The zero-order valence-electron chi connectivity index (χ0n) is 20.6. The van der Waals surface area contributed by atoms with Crippen LogP contribution in [-0.4, -0.2) is 95.0 Å². The Morgan fingerprint density at radius 3 is 2.44 bits per heavy atom. The molecule has 3 aliphatic heterocycles. The summed E-state index contributed by atoms with van der Waals surface area (Å²) in [6, 6.07) is 4.03. The lowest BCUT2D eigenvalue weighted by Gasteiger charge is -2.50. The number of benzene rings is 1. The van der Waals surface area contributed by atoms with Gasteiger partial charge in [-0.2, -0.15) is 0 Å². The van der Waals surface area contributed by atoms with Gasteiger partial charge in [-0.1, -0.05) is 6.07 Å². The van der Waals surface area contributed by atoms with Crippen molar-refractivity contribution in [3.63, 3.8) is 0 Å². The molecule has 5 rings (SSSR count). The Morgan fingerprint density at radius 2 is 1.72 bits per heavy atom. The van der Waals surface area contributed by atoms with E-state index in [9.17, 15) is 9.59 Å². The average molecular weight is 511 g/mol. The molecule has 0 aromatic heterocycles. The molecule has 0 spiro atoms. The van der Waals surface area contributed by atoms with Crippen LogP contribution in [0, 0.1) is 0 Å². The Bertz CT molecular complexity index is 1020. The van der Waals surface area contributed by atoms with E-state index >= 15 is 0 Å². The second-order valence-electron chi connectivity index (χ2n) is 9.11. The summed E-state index contributed by atoms with van der Waals surface area (Å²) in [5, 5.41) is 0. The molecule has 4 aliphatic rings. The SMILES string of the molecule is COCO[C@@H]1[C@H]2OC(C)(C)O[C@H]2[C@@H]2N(C(=O)OC)C(=O)O[C@]2(c2ccc3c(c2)OCO3)[C@H]1OCOC. The highest BCUT2D eigenvalue weighted by Crippen LogP contribution is 2.55. The molecule has 1 aromatic carbocycles. The molecule has 2 saturated heterocycles. The summed E-state index contributed by atoms with van der Waals surface area (Å²) in [5.74, 6) is -0.106. The summed E-state index contributed by atoms with van der Waals surface area (Å²) in [4.78, 5) is 27.1. The third-order valence-corrected chi connectivity index (χ3v) is 6.63. The topological polar surface area (TPSA) is 130 Å². The van der Waals surface area contributed by atoms with Gasteiger partial charge < -0.3 is 47.4 Å². The molecule has 0 bridgehead atoms. The van der Waals surface area contributed by atoms with Crippen LogP contribution in [0.4, 0.5) is 9.59 Å². The van der Waals surface area contributed by atoms with Gasteiger partial charge >= 0.3 is 12.2 Å². The fourth-order valence-electron chi connectivity index (χ4n) is 5.42. The van der Waals surface area contributed by atoms with E-state index in [4.69, 9.17) is 47.4 Å². The molecular formula is C23H29NO12. The Kier molecular flexibility index (Phi) is 6.47. The van der Waals surface area contributed by atoms with Crippen LogP contribution < -0.4 is 9.47 Å². The number of hydrogen-bond donors (Lipinski definition) is 0. The number of imide groups is 1. The van der Waals surface area contributed by atoms with Crippen molar-refractivity contribution >= 4 is 12.2 Å². The molecule has 0 unspecified atom stereocenters. The molecule has 3 fully saturated rings. The molecule has 1 aliphatic carbocycles. The number of carbonyl (C=O) groups excluding carboxylic acids is 2. The van der Waals surface area contributed by atoms with Gasteiger partial charge in [-0.25, -0.2) is 14.5 Å². The van der Waals surface area contributed by atoms with E-state index in [0.717, 1.165) is 4.90 Å². The summed E-state index contributed by atoms with van der Waals surface area (Å²) in [6.07, 6.45) is -5.39. The average Bonchev–Trinajstić information content (AvgIpc) is 3.53. The number of ether oxygens (including phenoxy) is 10. The van der Waals surface area contributed by atoms with Crippen molar-refractivity contribution in [2.24, 2.45) is 0 Å². The van der Waals surface area contributed by atoms with Gasteiger partial charge in [0.1, 0.15) is 44.0 Å². The number of amides is 2. The first-order chi connectivity index (χ1) is 17.3. The lowest BCUT2D eigenvalue weighted by Crippen LogP contribution is -2.71. The maximum Gasteiger partial charge on any atom is 0.420 e. The minimum absolute atomic E-state index is 0.0440. The normalized spacial score (nSPS) is 33.8. The zero-order valence-corrected chi connectivity index (χ0v) is 20.6. The Labute approximate surface area is 207 Å². The molecule has 2 amide bonds. The lowest BCUT2D eigenvalue weighted by atomic mass is 9.69. The van der Waals surface area contributed by atoms with E-state index in [0.29, 0.717) is 17.1 Å². The lowest BCUT2D eigenvalue weighted by molar-refractivity contribution is -0.262. The van der Waals surface area contributed by atoms with Crippen molar-refractivity contribution in [2.45, 2.75) is 55.7 Å². The molecule has 0 N–H and O–H groups in total. The number of methoxy groups -OCH3 is 3. The van der Waals surface area contributed by atoms with Crippen molar-refractivity contribution < 1.29 is 57.0 Å². The van der Waals surface area contributed by atoms with Gasteiger partial charge in [-0.15, -0.1) is 0 Å². The summed E-state index contributed by atoms with van der Waals surface area (Å²) >= 11 is 0. The minimum atomic E-state index is -1.63. The highest BCUT2D eigenvalue weighted by Gasteiger charge is 2.74. The molecule has 3 heterocycles. The number of carbonyl (C=O) groups is 2. The maximum atomic E-state index is 13.3. The molecule has 0 radical (unpaired) electrons. The molecule has 1 aromatic rings. The number of fused-ring (bicyclic) bond motifs is 4. The van der Waals surface area contributed by atoms with Crippen molar-refractivity contribution in [3.05, 3.63) is 23.8 Å². The summed E-state index contributed by atoms with van der Waals surface area (Å²) < 4.78 is 57.2. The Morgan fingerprint density at radius 1 is 1.03 bits per heavy atom. The first-order valence-electron chi connectivity index (χ1n) is 11.3. The maximum absolute atomic E-state index is 13.3. The van der Waals surface area contributed by atoms with Crippen molar-refractivity contribution in [1.29, 1.82) is 0 Å². The smallest absolute Gasteiger partial charge is 0.420 e. The molecule has 13 nitrogen and oxygen atoms in total. The van der Waals surface area contributed by atoms with Crippen LogP contribution >= 0.6 is 0 Å². The van der Waals surface area contributed by atoms with E-state index in [1.807, 2.05) is 0 Å². The van der Waals surface area contributed by atoms with Crippen molar-refractivity contribution in [3.8, 4) is 11.5 Å². The largest absolute Gasteiger partial charge is 0.454 e. The fraction of sp³-hybridized carbons (Fsp3) is 0.652. The van der Waals surface area contributed by atoms with Crippen LogP contribution in [0.1, 0.15) is 19.4 Å². The second-order valence-corrected chi connectivity index (χ2v) is 9.11. The standard InChI is InChI=1S/C23H29NO12/c1-22(2)34-15-16(35-22)18-23(36-21(26)24(18)20(25)29-5,12-6-7-13-14(8-12)31-11-30-13)19(33-10-28-4)17(15)32-9-27-3/h6-8,15-19H,9-11H2,1-5H3/t15-,16+,17+,18-,19-,23-/m0/s1. The number of nitrogens with zero attached hydrogens (tertiary/aromatic N) is 1. The molecule has 1 saturated carbocycles. The van der Waals surface area contributed by atoms with E-state index in [-0.39, 0.29) is 20.4 Å². The highest BCUT2D eigenvalue weighted by molar-refractivity contribution is 5.91. The van der Waals surface area contributed by atoms with Crippen LogP contribution in [0.5, 0.6) is 11.5 Å². The molecular weight excluding hydrogens is 482 g/mol. The number of hydrogen-bond acceptors (Lipinski definition) is 12. The summed E-state index contributed by atoms with van der Waals surface area (Å²) in [6.45, 7) is 3.22. The summed E-state index contributed by atoms with van der Waals surface area (Å²) in [7, 11) is 4.11. The van der Waals surface area contributed by atoms with Gasteiger partial charge in [0.2, 0.25) is 6.79 Å². The van der Waals surface area contributed by atoms with Gasteiger partial charge in [-0.3, -0.25) is 0 Å². The predicted octanol–water partition coefficient (Wildman–Crippen LogP) is 1.71. The monoisotopic (exact) mass is 511 g/mol. The van der Waals surface area contributed by atoms with Gasteiger partial charge in [0, 0.05) is 19.8 Å². The van der Waals surface area contributed by atoms with Crippen LogP contribution in [0.15, 0.2) is 18.2 Å². The predicted molar refractivity (Wildman–Crippen MR) is 116 cm³/mol. The second kappa shape index (κ2) is 9.32. The van der Waals surface area contributed by atoms with E-state index in [1.165, 1.54) is 21.3 Å². The van der Waals surface area contributed by atoms with Gasteiger partial charge in [0.05, 0.1) is 7.11 Å². The van der Waals surface area contributed by atoms with E-state index in [2.05, 4.69) is 0 Å². The van der Waals surface area contributed by atoms with Crippen LogP contribution in [-0.2, 0) is 43.5 Å². The number of rotatable bonds is 7. The molecule has 13 heteroatoms. The van der Waals surface area contributed by atoms with Crippen molar-refractivity contribution in [1.82, 2.24) is 4.90 Å². The Hall–Kier alpha value is -2.68.